The van der Waals surface area contributed by atoms with Crippen molar-refractivity contribution in [1.29, 1.82) is 0 Å². The third-order valence-corrected chi connectivity index (χ3v) is 12.7. The fourth-order valence-corrected chi connectivity index (χ4v) is 9.33. The molecule has 6 heteroatoms. The molecule has 0 amide bonds. The van der Waals surface area contributed by atoms with Gasteiger partial charge in [0.15, 0.2) is 0 Å². The van der Waals surface area contributed by atoms with Gasteiger partial charge in [-0.2, -0.15) is 0 Å². The Kier molecular flexibility index (Phi) is 15.7. The predicted octanol–water partition coefficient (Wildman–Crippen LogP) is 9.66. The molecule has 1 aliphatic rings. The van der Waals surface area contributed by atoms with E-state index in [0.29, 0.717) is 56.3 Å². The molecule has 0 fully saturated rings. The van der Waals surface area contributed by atoms with Crippen LogP contribution in [0.3, 0.4) is 0 Å². The first-order chi connectivity index (χ1) is 22.9. The van der Waals surface area contributed by atoms with E-state index in [1.807, 2.05) is 20.8 Å². The van der Waals surface area contributed by atoms with Crippen molar-refractivity contribution in [2.75, 3.05) is 39.8 Å². The van der Waals surface area contributed by atoms with Crippen LogP contribution >= 0.6 is 0 Å². The second-order valence-electron chi connectivity index (χ2n) is 13.3. The van der Waals surface area contributed by atoms with Crippen molar-refractivity contribution >= 4 is 8.80 Å². The van der Waals surface area contributed by atoms with E-state index in [0.717, 1.165) is 19.3 Å². The quantitative estimate of drug-likeness (QED) is 0.0948. The number of methoxy groups -OCH3 is 1. The summed E-state index contributed by atoms with van der Waals surface area (Å²) in [6.45, 7) is 12.7. The van der Waals surface area contributed by atoms with Crippen molar-refractivity contribution in [3.63, 3.8) is 0 Å². The van der Waals surface area contributed by atoms with Crippen LogP contribution in [-0.4, -0.2) is 54.7 Å². The van der Waals surface area contributed by atoms with Gasteiger partial charge >= 0.3 is 8.80 Å². The Bertz CT molecular complexity index is 1270. The summed E-state index contributed by atoms with van der Waals surface area (Å²) in [4.78, 5) is 0. The summed E-state index contributed by atoms with van der Waals surface area (Å²) in [7, 11) is -1.09. The van der Waals surface area contributed by atoms with E-state index in [4.69, 9.17) is 22.8 Å². The molecular formula is C41H60O5Si. The summed E-state index contributed by atoms with van der Waals surface area (Å²) in [5.74, 6) is 1.92. The molecule has 0 saturated carbocycles. The molecule has 0 aromatic heterocycles. The van der Waals surface area contributed by atoms with Gasteiger partial charge in [0, 0.05) is 26.9 Å². The Morgan fingerprint density at radius 1 is 0.617 bits per heavy atom. The molecular weight excluding hydrogens is 601 g/mol. The Morgan fingerprint density at radius 2 is 1.15 bits per heavy atom. The first kappa shape index (κ1) is 37.5. The van der Waals surface area contributed by atoms with E-state index in [-0.39, 0.29) is 6.10 Å². The van der Waals surface area contributed by atoms with Crippen molar-refractivity contribution in [2.45, 2.75) is 103 Å². The van der Waals surface area contributed by atoms with E-state index in [2.05, 4.69) is 92.7 Å². The van der Waals surface area contributed by atoms with Crippen molar-refractivity contribution in [1.82, 2.24) is 0 Å². The van der Waals surface area contributed by atoms with Gasteiger partial charge in [-0.3, -0.25) is 0 Å². The summed E-state index contributed by atoms with van der Waals surface area (Å²) in [6, 6.07) is 29.6. The van der Waals surface area contributed by atoms with Crippen molar-refractivity contribution in [3.05, 3.63) is 107 Å². The fourth-order valence-electron chi connectivity index (χ4n) is 7.14. The number of fused-ring (bicyclic) bond motifs is 1. The third kappa shape index (κ3) is 11.1. The highest BCUT2D eigenvalue weighted by atomic mass is 28.4. The van der Waals surface area contributed by atoms with Gasteiger partial charge in [0.2, 0.25) is 0 Å². The molecule has 4 rings (SSSR count). The molecule has 258 valence electrons. The Labute approximate surface area is 286 Å². The second kappa shape index (κ2) is 19.6. The highest BCUT2D eigenvalue weighted by molar-refractivity contribution is 6.60. The average Bonchev–Trinajstić information content (AvgIpc) is 3.08. The molecule has 0 radical (unpaired) electrons. The lowest BCUT2D eigenvalue weighted by Crippen LogP contribution is -2.51. The number of benzene rings is 3. The molecule has 1 aliphatic carbocycles. The van der Waals surface area contributed by atoms with Crippen LogP contribution in [0.25, 0.3) is 0 Å². The summed E-state index contributed by atoms with van der Waals surface area (Å²) >= 11 is 0. The second-order valence-corrected chi connectivity index (χ2v) is 15.8. The lowest BCUT2D eigenvalue weighted by molar-refractivity contribution is -0.0155. The van der Waals surface area contributed by atoms with Gasteiger partial charge in [0.05, 0.1) is 12.7 Å². The van der Waals surface area contributed by atoms with Crippen molar-refractivity contribution in [3.8, 4) is 0 Å². The summed E-state index contributed by atoms with van der Waals surface area (Å²) in [5.41, 5.74) is 7.38. The Hall–Kier alpha value is -2.32. The van der Waals surface area contributed by atoms with E-state index >= 15 is 0 Å². The van der Waals surface area contributed by atoms with Gasteiger partial charge in [-0.25, -0.2) is 0 Å². The normalized spacial score (nSPS) is 16.1. The minimum absolute atomic E-state index is 0.0701. The zero-order valence-corrected chi connectivity index (χ0v) is 30.9. The molecule has 0 saturated heterocycles. The van der Waals surface area contributed by atoms with Crippen molar-refractivity contribution in [2.24, 2.45) is 5.92 Å². The monoisotopic (exact) mass is 660 g/mol. The molecule has 0 aliphatic heterocycles. The van der Waals surface area contributed by atoms with E-state index < -0.39 is 8.80 Å². The van der Waals surface area contributed by atoms with Crippen LogP contribution in [0.5, 0.6) is 0 Å². The first-order valence-electron chi connectivity index (χ1n) is 18.2. The maximum atomic E-state index is 6.31. The fraction of sp³-hybridized carbons (Fsp3) is 0.561. The molecule has 0 spiro atoms. The van der Waals surface area contributed by atoms with E-state index in [9.17, 15) is 0 Å². The summed E-state index contributed by atoms with van der Waals surface area (Å²) < 4.78 is 30.5. The molecule has 0 N–H and O–H groups in total. The predicted molar refractivity (Wildman–Crippen MR) is 195 cm³/mol. The van der Waals surface area contributed by atoms with Crippen LogP contribution in [0.1, 0.15) is 112 Å². The van der Waals surface area contributed by atoms with Gasteiger partial charge < -0.3 is 22.8 Å². The molecule has 0 heterocycles. The minimum Gasteiger partial charge on any atom is -0.379 e. The van der Waals surface area contributed by atoms with Crippen LogP contribution in [0.4, 0.5) is 0 Å². The molecule has 3 aromatic carbocycles. The molecule has 0 bridgehead atoms. The number of hydrogen-bond donors (Lipinski definition) is 0. The maximum absolute atomic E-state index is 6.31. The largest absolute Gasteiger partial charge is 0.528 e. The van der Waals surface area contributed by atoms with Crippen molar-refractivity contribution < 1.29 is 22.8 Å². The molecule has 47 heavy (non-hydrogen) atoms. The zero-order valence-electron chi connectivity index (χ0n) is 29.9. The van der Waals surface area contributed by atoms with Gasteiger partial charge in [-0.05, 0) is 111 Å². The average molecular weight is 661 g/mol. The molecule has 5 unspecified atom stereocenters. The van der Waals surface area contributed by atoms with Gasteiger partial charge in [-0.15, -0.1) is 0 Å². The van der Waals surface area contributed by atoms with E-state index in [1.54, 1.807) is 7.11 Å². The molecule has 3 aromatic rings. The topological polar surface area (TPSA) is 46.2 Å². The Morgan fingerprint density at radius 3 is 1.62 bits per heavy atom. The highest BCUT2D eigenvalue weighted by Gasteiger charge is 2.41. The Balaban J connectivity index is 1.59. The summed E-state index contributed by atoms with van der Waals surface area (Å²) in [6.07, 6.45) is 8.14. The van der Waals surface area contributed by atoms with Crippen LogP contribution < -0.4 is 0 Å². The first-order valence-corrected chi connectivity index (χ1v) is 20.1. The number of hydrogen-bond acceptors (Lipinski definition) is 5. The van der Waals surface area contributed by atoms with Gasteiger partial charge in [0.1, 0.15) is 6.23 Å². The summed E-state index contributed by atoms with van der Waals surface area (Å²) in [5, 5.41) is 0. The lowest BCUT2D eigenvalue weighted by atomic mass is 9.74. The number of rotatable bonds is 23. The third-order valence-electron chi connectivity index (χ3n) is 9.99. The van der Waals surface area contributed by atoms with Crippen LogP contribution in [0, 0.1) is 5.92 Å². The van der Waals surface area contributed by atoms with Crippen LogP contribution in [0.15, 0.2) is 78.9 Å². The lowest BCUT2D eigenvalue weighted by Gasteiger charge is -2.32. The van der Waals surface area contributed by atoms with Gasteiger partial charge in [0.25, 0.3) is 0 Å². The van der Waals surface area contributed by atoms with Gasteiger partial charge in [-0.1, -0.05) is 99.1 Å². The van der Waals surface area contributed by atoms with E-state index in [1.165, 1.54) is 53.5 Å². The van der Waals surface area contributed by atoms with Crippen LogP contribution in [-0.2, 0) is 35.6 Å². The smallest absolute Gasteiger partial charge is 0.379 e. The number of ether oxygens (including phenoxy) is 2. The minimum atomic E-state index is -2.90. The highest BCUT2D eigenvalue weighted by Crippen LogP contribution is 2.42. The standard InChI is InChI=1S/C41H60O5Si/c1-7-32(5)25-38(33-17-13-11-14-18-33)27-39(37-24-22-35-21-23-36(35)26-37)28-40(34-19-15-12-16-20-34)29-41(42-6)30-43-31-47(44-8-2,45-9-3)46-10-4/h11-20,22,24,26,32,38-41H,7-10,21,23,25,27-31H2,1-6H3. The molecule has 5 nitrogen and oxygen atoms in total. The number of aryl methyl sites for hydroxylation is 2. The zero-order chi connectivity index (χ0) is 33.5. The van der Waals surface area contributed by atoms with Crippen LogP contribution in [0.2, 0.25) is 0 Å². The maximum Gasteiger partial charge on any atom is 0.528 e. The SMILES string of the molecule is CCO[Si](COCC(CC(CC(CC(CC(C)CC)c1ccccc1)c1ccc2c(c1)CC2)c1ccccc1)OC)(OCC)OCC. The molecule has 5 atom stereocenters.